The Bertz CT molecular complexity index is 942. The Balaban J connectivity index is 1.65. The van der Waals surface area contributed by atoms with Gasteiger partial charge in [0.15, 0.2) is 0 Å². The fourth-order valence-corrected chi connectivity index (χ4v) is 4.58. The lowest BCUT2D eigenvalue weighted by molar-refractivity contribution is -0.133. The molecule has 1 amide bonds. The monoisotopic (exact) mass is 383 g/mol. The standard InChI is InChI=1S/C20H21N3O3S/c1-16(18-5-3-2-4-6-18)20(24)22-11-13-23(14-12-22)27(25,26)19-9-7-17(15-21)8-10-19/h2-10,16H,11-14H2,1H3/t16-/m0/s1. The van der Waals surface area contributed by atoms with Crippen LogP contribution >= 0.6 is 0 Å². The predicted molar refractivity (Wildman–Crippen MR) is 101 cm³/mol. The molecule has 27 heavy (non-hydrogen) atoms. The first-order chi connectivity index (χ1) is 12.9. The van der Waals surface area contributed by atoms with Gasteiger partial charge in [0.25, 0.3) is 0 Å². The van der Waals surface area contributed by atoms with Crippen molar-refractivity contribution in [1.29, 1.82) is 5.26 Å². The van der Waals surface area contributed by atoms with E-state index in [-0.39, 0.29) is 29.8 Å². The van der Waals surface area contributed by atoms with Crippen molar-refractivity contribution in [3.63, 3.8) is 0 Å². The third-order valence-corrected chi connectivity index (χ3v) is 6.75. The van der Waals surface area contributed by atoms with E-state index < -0.39 is 10.0 Å². The van der Waals surface area contributed by atoms with Crippen molar-refractivity contribution in [3.05, 3.63) is 65.7 Å². The van der Waals surface area contributed by atoms with E-state index in [1.165, 1.54) is 28.6 Å². The smallest absolute Gasteiger partial charge is 0.243 e. The molecule has 6 nitrogen and oxygen atoms in total. The van der Waals surface area contributed by atoms with Gasteiger partial charge in [0.05, 0.1) is 22.4 Å². The number of piperazine rings is 1. The van der Waals surface area contributed by atoms with Gasteiger partial charge in [0.2, 0.25) is 15.9 Å². The predicted octanol–water partition coefficient (Wildman–Crippen LogP) is 2.19. The maximum Gasteiger partial charge on any atom is 0.243 e. The van der Waals surface area contributed by atoms with E-state index in [0.717, 1.165) is 5.56 Å². The van der Waals surface area contributed by atoms with Gasteiger partial charge in [0.1, 0.15) is 0 Å². The average molecular weight is 383 g/mol. The number of hydrogen-bond acceptors (Lipinski definition) is 4. The van der Waals surface area contributed by atoms with Crippen molar-refractivity contribution in [2.75, 3.05) is 26.2 Å². The molecule has 0 spiro atoms. The summed E-state index contributed by atoms with van der Waals surface area (Å²) in [4.78, 5) is 14.6. The molecule has 0 aliphatic carbocycles. The van der Waals surface area contributed by atoms with Gasteiger partial charge in [-0.15, -0.1) is 0 Å². The SMILES string of the molecule is C[C@H](C(=O)N1CCN(S(=O)(=O)c2ccc(C#N)cc2)CC1)c1ccccc1. The number of carbonyl (C=O) groups excluding carboxylic acids is 1. The maximum absolute atomic E-state index is 12.8. The Kier molecular flexibility index (Phi) is 5.59. The third kappa shape index (κ3) is 4.02. The minimum atomic E-state index is -3.62. The maximum atomic E-state index is 12.8. The lowest BCUT2D eigenvalue weighted by atomic mass is 9.99. The zero-order chi connectivity index (χ0) is 19.4. The van der Waals surface area contributed by atoms with Crippen LogP contribution in [0.3, 0.4) is 0 Å². The van der Waals surface area contributed by atoms with Crippen LogP contribution in [0, 0.1) is 11.3 Å². The summed E-state index contributed by atoms with van der Waals surface area (Å²) in [7, 11) is -3.62. The molecule has 7 heteroatoms. The molecule has 2 aromatic rings. The Morgan fingerprint density at radius 3 is 2.15 bits per heavy atom. The number of nitriles is 1. The summed E-state index contributed by atoms with van der Waals surface area (Å²) in [6, 6.07) is 17.4. The zero-order valence-electron chi connectivity index (χ0n) is 15.1. The quantitative estimate of drug-likeness (QED) is 0.810. The van der Waals surface area contributed by atoms with Gasteiger partial charge in [-0.1, -0.05) is 30.3 Å². The molecule has 0 saturated carbocycles. The third-order valence-electron chi connectivity index (χ3n) is 4.84. The van der Waals surface area contributed by atoms with E-state index in [4.69, 9.17) is 5.26 Å². The molecule has 0 N–H and O–H groups in total. The molecular weight excluding hydrogens is 362 g/mol. The van der Waals surface area contributed by atoms with Gasteiger partial charge in [0, 0.05) is 26.2 Å². The first-order valence-electron chi connectivity index (χ1n) is 8.77. The fraction of sp³-hybridized carbons (Fsp3) is 0.300. The Morgan fingerprint density at radius 1 is 1.00 bits per heavy atom. The molecule has 1 fully saturated rings. The van der Waals surface area contributed by atoms with Gasteiger partial charge in [-0.2, -0.15) is 9.57 Å². The molecule has 0 radical (unpaired) electrons. The van der Waals surface area contributed by atoms with Gasteiger partial charge >= 0.3 is 0 Å². The summed E-state index contributed by atoms with van der Waals surface area (Å²) in [5, 5.41) is 8.84. The van der Waals surface area contributed by atoms with Gasteiger partial charge in [-0.25, -0.2) is 8.42 Å². The van der Waals surface area contributed by atoms with Crippen molar-refractivity contribution >= 4 is 15.9 Å². The van der Waals surface area contributed by atoms with E-state index in [0.29, 0.717) is 18.7 Å². The molecule has 1 aliphatic rings. The number of sulfonamides is 1. The molecule has 1 heterocycles. The molecule has 140 valence electrons. The van der Waals surface area contributed by atoms with E-state index in [2.05, 4.69) is 0 Å². The highest BCUT2D eigenvalue weighted by atomic mass is 32.2. The molecule has 0 bridgehead atoms. The lowest BCUT2D eigenvalue weighted by Crippen LogP contribution is -2.51. The highest BCUT2D eigenvalue weighted by Gasteiger charge is 2.31. The van der Waals surface area contributed by atoms with E-state index in [9.17, 15) is 13.2 Å². The molecular formula is C20H21N3O3S. The van der Waals surface area contributed by atoms with Crippen LogP contribution in [-0.2, 0) is 14.8 Å². The summed E-state index contributed by atoms with van der Waals surface area (Å²) in [5.41, 5.74) is 1.37. The molecule has 2 aromatic carbocycles. The minimum Gasteiger partial charge on any atom is -0.340 e. The van der Waals surface area contributed by atoms with Crippen molar-refractivity contribution in [2.45, 2.75) is 17.7 Å². The highest BCUT2D eigenvalue weighted by molar-refractivity contribution is 7.89. The van der Waals surface area contributed by atoms with Crippen LogP contribution in [0.4, 0.5) is 0 Å². The fourth-order valence-electron chi connectivity index (χ4n) is 3.16. The van der Waals surface area contributed by atoms with Crippen LogP contribution in [0.2, 0.25) is 0 Å². The van der Waals surface area contributed by atoms with Crippen molar-refractivity contribution in [1.82, 2.24) is 9.21 Å². The summed E-state index contributed by atoms with van der Waals surface area (Å²) >= 11 is 0. The van der Waals surface area contributed by atoms with Crippen LogP contribution in [0.1, 0.15) is 24.0 Å². The average Bonchev–Trinajstić information content (AvgIpc) is 2.73. The summed E-state index contributed by atoms with van der Waals surface area (Å²) in [6.45, 7) is 3.12. The van der Waals surface area contributed by atoms with E-state index >= 15 is 0 Å². The number of rotatable bonds is 4. The minimum absolute atomic E-state index is 0.0108. The van der Waals surface area contributed by atoms with Crippen molar-refractivity contribution < 1.29 is 13.2 Å². The normalized spacial score (nSPS) is 16.5. The largest absolute Gasteiger partial charge is 0.340 e. The summed E-state index contributed by atoms with van der Waals surface area (Å²) in [5.74, 6) is -0.246. The molecule has 1 aliphatic heterocycles. The molecule has 0 aromatic heterocycles. The Hall–Kier alpha value is -2.69. The molecule has 1 saturated heterocycles. The van der Waals surface area contributed by atoms with Crippen LogP contribution < -0.4 is 0 Å². The first kappa shape index (κ1) is 19.1. The van der Waals surface area contributed by atoms with Crippen molar-refractivity contribution in [3.8, 4) is 6.07 Å². The lowest BCUT2D eigenvalue weighted by Gasteiger charge is -2.35. The molecule has 0 unspecified atom stereocenters. The Morgan fingerprint density at radius 2 is 1.59 bits per heavy atom. The number of benzene rings is 2. The van der Waals surface area contributed by atoms with Gasteiger partial charge in [-0.3, -0.25) is 4.79 Å². The van der Waals surface area contributed by atoms with Gasteiger partial charge in [-0.05, 0) is 36.8 Å². The first-order valence-corrected chi connectivity index (χ1v) is 10.2. The van der Waals surface area contributed by atoms with Crippen LogP contribution in [0.5, 0.6) is 0 Å². The number of carbonyl (C=O) groups is 1. The van der Waals surface area contributed by atoms with Crippen LogP contribution in [-0.4, -0.2) is 49.7 Å². The number of nitrogens with zero attached hydrogens (tertiary/aromatic N) is 3. The number of hydrogen-bond donors (Lipinski definition) is 0. The highest BCUT2D eigenvalue weighted by Crippen LogP contribution is 2.21. The van der Waals surface area contributed by atoms with Crippen LogP contribution in [0.25, 0.3) is 0 Å². The number of amides is 1. The van der Waals surface area contributed by atoms with Crippen LogP contribution in [0.15, 0.2) is 59.5 Å². The van der Waals surface area contributed by atoms with Gasteiger partial charge < -0.3 is 4.90 Å². The molecule has 1 atom stereocenters. The second-order valence-electron chi connectivity index (χ2n) is 6.50. The zero-order valence-corrected chi connectivity index (χ0v) is 15.9. The topological polar surface area (TPSA) is 81.5 Å². The second kappa shape index (κ2) is 7.91. The summed E-state index contributed by atoms with van der Waals surface area (Å²) in [6.07, 6.45) is 0. The second-order valence-corrected chi connectivity index (χ2v) is 8.44. The Labute approximate surface area is 159 Å². The summed E-state index contributed by atoms with van der Waals surface area (Å²) < 4.78 is 26.9. The molecule has 3 rings (SSSR count). The van der Waals surface area contributed by atoms with Crippen molar-refractivity contribution in [2.24, 2.45) is 0 Å². The van der Waals surface area contributed by atoms with E-state index in [1.54, 1.807) is 4.90 Å². The van der Waals surface area contributed by atoms with E-state index in [1.807, 2.05) is 43.3 Å².